The first-order valence-corrected chi connectivity index (χ1v) is 2.75. The number of rotatable bonds is 0. The summed E-state index contributed by atoms with van der Waals surface area (Å²) >= 11 is 0.563. The number of carbonyl (C=O) groups is 1. The standard InChI is InChI=1S/C2H3O2.Sn.H/c1-4-2-3;;/h1H3;;. The summed E-state index contributed by atoms with van der Waals surface area (Å²) < 4.78 is 4.05. The van der Waals surface area contributed by atoms with E-state index in [0.717, 1.165) is 0 Å². The summed E-state index contributed by atoms with van der Waals surface area (Å²) in [6, 6.07) is 0. The predicted molar refractivity (Wildman–Crippen MR) is 19.6 cm³/mol. The molecular formula is C2H4O2Sn. The molecule has 2 radical (unpaired) electrons. The molecule has 5 heavy (non-hydrogen) atoms. The van der Waals surface area contributed by atoms with Gasteiger partial charge in [-0.2, -0.15) is 0 Å². The predicted octanol–water partition coefficient (Wildman–Crippen LogP) is -0.346. The topological polar surface area (TPSA) is 26.3 Å². The zero-order valence-electron chi connectivity index (χ0n) is 2.89. The van der Waals surface area contributed by atoms with Gasteiger partial charge in [0.05, 0.1) is 0 Å². The summed E-state index contributed by atoms with van der Waals surface area (Å²) in [5.74, 6) is 0. The Balaban J connectivity index is 2.85. The number of hydrogen-bond acceptors (Lipinski definition) is 2. The van der Waals surface area contributed by atoms with Crippen LogP contribution in [-0.4, -0.2) is 33.6 Å². The summed E-state index contributed by atoms with van der Waals surface area (Å²) in [5.41, 5.74) is 0. The second-order valence-electron chi connectivity index (χ2n) is 0.523. The van der Waals surface area contributed by atoms with Crippen LogP contribution in [0.2, 0.25) is 0 Å². The molecule has 0 saturated heterocycles. The van der Waals surface area contributed by atoms with Gasteiger partial charge in [0.2, 0.25) is 0 Å². The molecule has 0 unspecified atom stereocenters. The molecule has 0 bridgehead atoms. The van der Waals surface area contributed by atoms with Crippen molar-refractivity contribution in [2.75, 3.05) is 7.11 Å². The first-order chi connectivity index (χ1) is 2.27. The first-order valence-electron chi connectivity index (χ1n) is 1.11. The van der Waals surface area contributed by atoms with Gasteiger partial charge in [-0.1, -0.05) is 0 Å². The first kappa shape index (κ1) is 5.27. The van der Waals surface area contributed by atoms with E-state index in [9.17, 15) is 4.79 Å². The van der Waals surface area contributed by atoms with E-state index >= 15 is 0 Å². The van der Waals surface area contributed by atoms with Crippen LogP contribution in [0.25, 0.3) is 0 Å². The van der Waals surface area contributed by atoms with Crippen LogP contribution >= 0.6 is 0 Å². The Labute approximate surface area is 43.6 Å². The maximum atomic E-state index is 9.65. The van der Waals surface area contributed by atoms with E-state index in [1.807, 2.05) is 0 Å². The number of methoxy groups -OCH3 is 1. The Bertz CT molecular complexity index is 42.9. The van der Waals surface area contributed by atoms with Crippen molar-refractivity contribution >= 4 is 26.5 Å². The monoisotopic (exact) mass is 180 g/mol. The molecule has 0 atom stereocenters. The van der Waals surface area contributed by atoms with Gasteiger partial charge in [-0.3, -0.25) is 0 Å². The third kappa shape index (κ3) is 4.27. The van der Waals surface area contributed by atoms with E-state index in [4.69, 9.17) is 0 Å². The second-order valence-corrected chi connectivity index (χ2v) is 1.87. The van der Waals surface area contributed by atoms with Gasteiger partial charge in [-0.25, -0.2) is 0 Å². The van der Waals surface area contributed by atoms with Crippen LogP contribution in [0.5, 0.6) is 0 Å². The fourth-order valence-electron chi connectivity index (χ4n) is 0. The molecule has 0 fully saturated rings. The second kappa shape index (κ2) is 2.50. The summed E-state index contributed by atoms with van der Waals surface area (Å²) in [5, 5.41) is 0. The molecule has 0 aliphatic heterocycles. The molecule has 0 aromatic rings. The molecule has 0 aliphatic rings. The Kier molecular flexibility index (Phi) is 2.64. The number of hydrogen-bond donors (Lipinski definition) is 0. The van der Waals surface area contributed by atoms with E-state index in [-0.39, 0.29) is 3.99 Å². The third-order valence-corrected chi connectivity index (χ3v) is 0.874. The summed E-state index contributed by atoms with van der Waals surface area (Å²) in [6.07, 6.45) is 0. The van der Waals surface area contributed by atoms with Crippen LogP contribution in [0.1, 0.15) is 0 Å². The van der Waals surface area contributed by atoms with Crippen molar-refractivity contribution < 1.29 is 9.53 Å². The molecule has 0 aromatic carbocycles. The number of carbonyl (C=O) groups excluding carboxylic acids is 1. The maximum absolute atomic E-state index is 9.65. The molecule has 2 nitrogen and oxygen atoms in total. The molecule has 28 valence electrons. The molecule has 0 aromatic heterocycles. The average molecular weight is 179 g/mol. The molecule has 0 aliphatic carbocycles. The van der Waals surface area contributed by atoms with E-state index < -0.39 is 0 Å². The van der Waals surface area contributed by atoms with Crippen molar-refractivity contribution in [3.63, 3.8) is 0 Å². The Hall–Kier alpha value is 0.269. The molecule has 3 heteroatoms. The summed E-state index contributed by atoms with van der Waals surface area (Å²) in [6.45, 7) is 0. The normalized spacial score (nSPS) is 6.80. The molecule has 0 heterocycles. The van der Waals surface area contributed by atoms with Crippen LogP contribution in [0.4, 0.5) is 4.79 Å². The Morgan fingerprint density at radius 3 is 2.20 bits per heavy atom. The SMILES string of the molecule is CO[C](=O)[SnH]. The minimum absolute atomic E-state index is 0.115. The molecule has 0 amide bonds. The Morgan fingerprint density at radius 2 is 2.20 bits per heavy atom. The van der Waals surface area contributed by atoms with Crippen molar-refractivity contribution in [3.8, 4) is 0 Å². The van der Waals surface area contributed by atoms with Gasteiger partial charge in [-0.15, -0.1) is 0 Å². The van der Waals surface area contributed by atoms with Gasteiger partial charge in [-0.05, 0) is 0 Å². The van der Waals surface area contributed by atoms with E-state index in [2.05, 4.69) is 4.74 Å². The van der Waals surface area contributed by atoms with Crippen LogP contribution < -0.4 is 0 Å². The molecule has 0 saturated carbocycles. The zero-order valence-corrected chi connectivity index (χ0v) is 6.19. The van der Waals surface area contributed by atoms with Crippen LogP contribution in [-0.2, 0) is 4.74 Å². The third-order valence-electron chi connectivity index (χ3n) is 0.201. The number of ether oxygens (including phenoxy) is 1. The zero-order chi connectivity index (χ0) is 4.28. The van der Waals surface area contributed by atoms with Crippen LogP contribution in [0.3, 0.4) is 0 Å². The van der Waals surface area contributed by atoms with Crippen molar-refractivity contribution in [2.24, 2.45) is 0 Å². The van der Waals surface area contributed by atoms with Crippen molar-refractivity contribution in [3.05, 3.63) is 0 Å². The van der Waals surface area contributed by atoms with Gasteiger partial charge in [0.15, 0.2) is 0 Å². The van der Waals surface area contributed by atoms with E-state index in [1.54, 1.807) is 0 Å². The van der Waals surface area contributed by atoms with Gasteiger partial charge in [0, 0.05) is 0 Å². The van der Waals surface area contributed by atoms with Gasteiger partial charge >= 0.3 is 43.2 Å². The summed E-state index contributed by atoms with van der Waals surface area (Å²) in [7, 11) is 1.38. The van der Waals surface area contributed by atoms with Crippen molar-refractivity contribution in [1.29, 1.82) is 0 Å². The van der Waals surface area contributed by atoms with Crippen LogP contribution in [0, 0.1) is 0 Å². The van der Waals surface area contributed by atoms with E-state index in [0.29, 0.717) is 22.5 Å². The van der Waals surface area contributed by atoms with Gasteiger partial charge in [0.25, 0.3) is 0 Å². The van der Waals surface area contributed by atoms with Crippen molar-refractivity contribution in [2.45, 2.75) is 0 Å². The van der Waals surface area contributed by atoms with Gasteiger partial charge < -0.3 is 0 Å². The van der Waals surface area contributed by atoms with Gasteiger partial charge in [0.1, 0.15) is 0 Å². The average Bonchev–Trinajstić information content (AvgIpc) is 1.38. The summed E-state index contributed by atoms with van der Waals surface area (Å²) in [4.78, 5) is 9.65. The van der Waals surface area contributed by atoms with Crippen LogP contribution in [0.15, 0.2) is 0 Å². The Morgan fingerprint density at radius 1 is 2.00 bits per heavy atom. The van der Waals surface area contributed by atoms with E-state index in [1.165, 1.54) is 7.11 Å². The molecule has 0 spiro atoms. The molecular weight excluding hydrogens is 175 g/mol. The molecule has 0 N–H and O–H groups in total. The fraction of sp³-hybridized carbons (Fsp3) is 0.500. The fourth-order valence-corrected chi connectivity index (χ4v) is 0. The molecule has 0 rings (SSSR count). The quantitative estimate of drug-likeness (QED) is 0.475. The minimum atomic E-state index is -0.115. The van der Waals surface area contributed by atoms with Crippen molar-refractivity contribution in [1.82, 2.24) is 0 Å².